The highest BCUT2D eigenvalue weighted by Crippen LogP contribution is 2.41. The molecule has 1 saturated carbocycles. The van der Waals surface area contributed by atoms with Crippen LogP contribution in [0.25, 0.3) is 11.1 Å². The van der Waals surface area contributed by atoms with Gasteiger partial charge in [0.15, 0.2) is 0 Å². The van der Waals surface area contributed by atoms with E-state index < -0.39 is 28.4 Å². The SMILES string of the molecule is CC(CC1CCCCC1)C(=O)N1CC[C@@](O)(Cn2cc(C(=O)O)c(-c3ccccc3F)cc2=O)C(C)(C)C1. The van der Waals surface area contributed by atoms with Crippen LogP contribution in [-0.2, 0) is 11.3 Å². The van der Waals surface area contributed by atoms with Crippen LogP contribution in [0.4, 0.5) is 4.39 Å². The Balaban J connectivity index is 1.53. The molecule has 0 bridgehead atoms. The molecule has 206 valence electrons. The van der Waals surface area contributed by atoms with Crippen molar-refractivity contribution in [2.45, 2.75) is 77.9 Å². The van der Waals surface area contributed by atoms with Gasteiger partial charge in [-0.05, 0) is 24.8 Å². The summed E-state index contributed by atoms with van der Waals surface area (Å²) in [5.74, 6) is -1.30. The Hall–Kier alpha value is -3.00. The first-order valence-electron chi connectivity index (χ1n) is 13.7. The van der Waals surface area contributed by atoms with Crippen LogP contribution < -0.4 is 5.56 Å². The molecule has 2 heterocycles. The molecule has 0 spiro atoms. The van der Waals surface area contributed by atoms with Crippen molar-refractivity contribution < 1.29 is 24.2 Å². The second-order valence-corrected chi connectivity index (χ2v) is 11.9. The van der Waals surface area contributed by atoms with Crippen LogP contribution in [0.3, 0.4) is 0 Å². The number of aromatic carboxylic acids is 1. The lowest BCUT2D eigenvalue weighted by Crippen LogP contribution is -2.61. The fourth-order valence-electron chi connectivity index (χ4n) is 6.23. The number of aromatic nitrogens is 1. The number of rotatable bonds is 7. The standard InChI is InChI=1S/C30H39FN2O5/c1-20(15-21-9-5-4-6-10-21)27(35)32-14-13-30(38,29(2,3)18-32)19-33-17-24(28(36)37)23(16-26(33)34)22-11-7-8-12-25(22)31/h7-8,11-12,16-17,20-21,38H,4-6,9-10,13-15,18-19H2,1-3H3,(H,36,37)/t20?,30-/m1/s1. The summed E-state index contributed by atoms with van der Waals surface area (Å²) in [6.07, 6.45) is 8.45. The molecule has 0 radical (unpaired) electrons. The number of pyridine rings is 1. The number of carbonyl (C=O) groups is 2. The Labute approximate surface area is 223 Å². The van der Waals surface area contributed by atoms with Crippen LogP contribution >= 0.6 is 0 Å². The molecule has 2 N–H and O–H groups in total. The monoisotopic (exact) mass is 526 g/mol. The summed E-state index contributed by atoms with van der Waals surface area (Å²) in [6.45, 7) is 6.31. The third-order valence-corrected chi connectivity index (χ3v) is 8.74. The van der Waals surface area contributed by atoms with E-state index in [0.29, 0.717) is 19.0 Å². The maximum Gasteiger partial charge on any atom is 0.337 e. The van der Waals surface area contributed by atoms with E-state index in [1.54, 1.807) is 6.07 Å². The van der Waals surface area contributed by atoms with Crippen molar-refractivity contribution >= 4 is 11.9 Å². The van der Waals surface area contributed by atoms with Gasteiger partial charge >= 0.3 is 5.97 Å². The van der Waals surface area contributed by atoms with Crippen molar-refractivity contribution in [2.24, 2.45) is 17.3 Å². The van der Waals surface area contributed by atoms with Gasteiger partial charge in [0.1, 0.15) is 5.82 Å². The van der Waals surface area contributed by atoms with Crippen LogP contribution in [0.1, 0.15) is 76.1 Å². The predicted molar refractivity (Wildman–Crippen MR) is 143 cm³/mol. The number of carboxylic acids is 1. The van der Waals surface area contributed by atoms with Crippen LogP contribution in [0.5, 0.6) is 0 Å². The average molecular weight is 527 g/mol. The number of carboxylic acid groups (broad SMARTS) is 1. The van der Waals surface area contributed by atoms with E-state index in [1.807, 2.05) is 25.7 Å². The van der Waals surface area contributed by atoms with Gasteiger partial charge < -0.3 is 19.7 Å². The summed E-state index contributed by atoms with van der Waals surface area (Å²) in [5, 5.41) is 21.6. The first-order chi connectivity index (χ1) is 17.9. The molecule has 4 rings (SSSR count). The maximum atomic E-state index is 14.4. The van der Waals surface area contributed by atoms with Crippen LogP contribution in [0, 0.1) is 23.1 Å². The van der Waals surface area contributed by atoms with Gasteiger partial charge in [-0.1, -0.05) is 71.1 Å². The minimum atomic E-state index is -1.35. The van der Waals surface area contributed by atoms with E-state index in [4.69, 9.17) is 0 Å². The Bertz CT molecular complexity index is 1250. The van der Waals surface area contributed by atoms with E-state index in [2.05, 4.69) is 0 Å². The lowest BCUT2D eigenvalue weighted by atomic mass is 9.69. The van der Waals surface area contributed by atoms with Crippen molar-refractivity contribution in [2.75, 3.05) is 13.1 Å². The Kier molecular flexibility index (Phi) is 8.12. The highest BCUT2D eigenvalue weighted by molar-refractivity contribution is 5.95. The normalized spacial score (nSPS) is 22.7. The van der Waals surface area contributed by atoms with Crippen molar-refractivity contribution in [3.8, 4) is 11.1 Å². The number of carbonyl (C=O) groups excluding carboxylic acids is 1. The number of likely N-dealkylation sites (tertiary alicyclic amines) is 1. The molecule has 2 atom stereocenters. The number of hydrogen-bond acceptors (Lipinski definition) is 4. The molecule has 7 nitrogen and oxygen atoms in total. The van der Waals surface area contributed by atoms with Gasteiger partial charge in [-0.2, -0.15) is 0 Å². The molecule has 8 heteroatoms. The molecule has 1 aliphatic carbocycles. The molecule has 1 saturated heterocycles. The molecule has 38 heavy (non-hydrogen) atoms. The van der Waals surface area contributed by atoms with Gasteiger partial charge in [0.05, 0.1) is 17.7 Å². The molecule has 2 aromatic rings. The number of amides is 1. The van der Waals surface area contributed by atoms with Crippen molar-refractivity contribution in [1.29, 1.82) is 0 Å². The van der Waals surface area contributed by atoms with E-state index in [1.165, 1.54) is 61.1 Å². The molecular formula is C30H39FN2O5. The molecule has 1 aromatic carbocycles. The Morgan fingerprint density at radius 2 is 1.82 bits per heavy atom. The summed E-state index contributed by atoms with van der Waals surface area (Å²) in [6, 6.07) is 6.82. The quantitative estimate of drug-likeness (QED) is 0.532. The van der Waals surface area contributed by atoms with E-state index in [0.717, 1.165) is 12.5 Å². The minimum Gasteiger partial charge on any atom is -0.478 e. The van der Waals surface area contributed by atoms with E-state index in [9.17, 15) is 29.0 Å². The summed E-state index contributed by atoms with van der Waals surface area (Å²) < 4.78 is 15.6. The van der Waals surface area contributed by atoms with Gasteiger partial charge in [-0.3, -0.25) is 9.59 Å². The Morgan fingerprint density at radius 3 is 2.45 bits per heavy atom. The van der Waals surface area contributed by atoms with Crippen molar-refractivity contribution in [1.82, 2.24) is 9.47 Å². The van der Waals surface area contributed by atoms with Gasteiger partial charge in [0, 0.05) is 47.8 Å². The highest BCUT2D eigenvalue weighted by atomic mass is 19.1. The first-order valence-corrected chi connectivity index (χ1v) is 13.7. The molecule has 1 unspecified atom stereocenters. The zero-order valence-corrected chi connectivity index (χ0v) is 22.6. The number of halogens is 1. The van der Waals surface area contributed by atoms with Crippen LogP contribution in [-0.4, -0.2) is 50.2 Å². The maximum absolute atomic E-state index is 14.4. The molecule has 1 amide bonds. The first kappa shape index (κ1) is 28.0. The second kappa shape index (κ2) is 11.0. The van der Waals surface area contributed by atoms with Crippen molar-refractivity contribution in [3.63, 3.8) is 0 Å². The second-order valence-electron chi connectivity index (χ2n) is 11.9. The molecular weight excluding hydrogens is 487 g/mol. The smallest absolute Gasteiger partial charge is 0.337 e. The fourth-order valence-corrected chi connectivity index (χ4v) is 6.23. The predicted octanol–water partition coefficient (Wildman–Crippen LogP) is 4.95. The zero-order chi connectivity index (χ0) is 27.7. The number of nitrogens with zero attached hydrogens (tertiary/aromatic N) is 2. The highest BCUT2D eigenvalue weighted by Gasteiger charge is 2.49. The van der Waals surface area contributed by atoms with Gasteiger partial charge in [0.25, 0.3) is 5.56 Å². The Morgan fingerprint density at radius 1 is 1.13 bits per heavy atom. The van der Waals surface area contributed by atoms with Gasteiger partial charge in [-0.15, -0.1) is 0 Å². The number of aliphatic hydroxyl groups is 1. The van der Waals surface area contributed by atoms with Crippen molar-refractivity contribution in [3.05, 3.63) is 58.3 Å². The largest absolute Gasteiger partial charge is 0.478 e. The van der Waals surface area contributed by atoms with Crippen LogP contribution in [0.15, 0.2) is 41.3 Å². The molecule has 1 aromatic heterocycles. The average Bonchev–Trinajstić information content (AvgIpc) is 2.87. The summed E-state index contributed by atoms with van der Waals surface area (Å²) in [5.41, 5.74) is -2.83. The fraction of sp³-hybridized carbons (Fsp3) is 0.567. The summed E-state index contributed by atoms with van der Waals surface area (Å²) in [7, 11) is 0. The summed E-state index contributed by atoms with van der Waals surface area (Å²) in [4.78, 5) is 40.2. The third kappa shape index (κ3) is 5.70. The number of benzene rings is 1. The zero-order valence-electron chi connectivity index (χ0n) is 22.6. The lowest BCUT2D eigenvalue weighted by molar-refractivity contribution is -0.157. The number of piperidine rings is 1. The topological polar surface area (TPSA) is 99.8 Å². The van der Waals surface area contributed by atoms with Crippen LogP contribution in [0.2, 0.25) is 0 Å². The van der Waals surface area contributed by atoms with E-state index >= 15 is 0 Å². The summed E-state index contributed by atoms with van der Waals surface area (Å²) >= 11 is 0. The molecule has 1 aliphatic heterocycles. The molecule has 2 aliphatic rings. The van der Waals surface area contributed by atoms with Gasteiger partial charge in [0.2, 0.25) is 5.91 Å². The lowest BCUT2D eigenvalue weighted by Gasteiger charge is -2.51. The van der Waals surface area contributed by atoms with E-state index in [-0.39, 0.29) is 41.5 Å². The van der Waals surface area contributed by atoms with Gasteiger partial charge in [-0.25, -0.2) is 9.18 Å². The number of hydrogen-bond donors (Lipinski definition) is 2. The minimum absolute atomic E-state index is 0.00419. The third-order valence-electron chi connectivity index (χ3n) is 8.74. The molecule has 2 fully saturated rings.